The summed E-state index contributed by atoms with van der Waals surface area (Å²) in [5.41, 5.74) is 0.935. The minimum atomic E-state index is -0.295. The number of allylic oxidation sites excluding steroid dienone is 1. The number of aliphatic hydroxyl groups is 1. The third kappa shape index (κ3) is 4.27. The number of aliphatic hydroxyl groups excluding tert-OH is 1. The molecule has 0 aliphatic carbocycles. The highest BCUT2D eigenvalue weighted by molar-refractivity contribution is 5.65. The van der Waals surface area contributed by atoms with E-state index in [1.165, 1.54) is 6.08 Å². The Bertz CT molecular complexity index is 127. The zero-order valence-corrected chi connectivity index (χ0v) is 6.50. The van der Waals surface area contributed by atoms with Gasteiger partial charge in [-0.2, -0.15) is 0 Å². The van der Waals surface area contributed by atoms with Gasteiger partial charge in [0.15, 0.2) is 0 Å². The van der Waals surface area contributed by atoms with Crippen LogP contribution in [-0.4, -0.2) is 17.5 Å². The highest BCUT2D eigenvalue weighted by Crippen LogP contribution is 2.05. The van der Waals surface area contributed by atoms with E-state index in [9.17, 15) is 4.79 Å². The quantitative estimate of drug-likeness (QED) is 0.474. The molecule has 2 nitrogen and oxygen atoms in total. The van der Waals surface area contributed by atoms with E-state index in [2.05, 4.69) is 0 Å². The Hall–Kier alpha value is -0.630. The molecule has 0 saturated heterocycles. The zero-order valence-electron chi connectivity index (χ0n) is 6.50. The molecule has 1 N–H and O–H groups in total. The Morgan fingerprint density at radius 3 is 2.70 bits per heavy atom. The van der Waals surface area contributed by atoms with Gasteiger partial charge < -0.3 is 5.11 Å². The summed E-state index contributed by atoms with van der Waals surface area (Å²) in [7, 11) is 0. The molecule has 0 amide bonds. The molecule has 0 bridgehead atoms. The highest BCUT2D eigenvalue weighted by atomic mass is 16.3. The molecule has 0 aromatic rings. The minimum Gasteiger partial charge on any atom is -0.393 e. The molecule has 0 aromatic heterocycles. The Morgan fingerprint density at radius 2 is 2.30 bits per heavy atom. The van der Waals surface area contributed by atoms with E-state index in [0.717, 1.165) is 18.3 Å². The van der Waals surface area contributed by atoms with Gasteiger partial charge in [-0.05, 0) is 25.8 Å². The lowest BCUT2D eigenvalue weighted by Gasteiger charge is -2.05. The SMILES string of the molecule is CCC(O)CC(C)=CC=O. The van der Waals surface area contributed by atoms with E-state index in [4.69, 9.17) is 5.11 Å². The van der Waals surface area contributed by atoms with Crippen LogP contribution < -0.4 is 0 Å². The summed E-state index contributed by atoms with van der Waals surface area (Å²) in [6.07, 6.45) is 3.28. The van der Waals surface area contributed by atoms with Gasteiger partial charge in [0, 0.05) is 0 Å². The van der Waals surface area contributed by atoms with Gasteiger partial charge in [-0.3, -0.25) is 4.79 Å². The van der Waals surface area contributed by atoms with Crippen LogP contribution in [0.1, 0.15) is 26.7 Å². The maximum atomic E-state index is 9.93. The van der Waals surface area contributed by atoms with Crippen molar-refractivity contribution in [3.05, 3.63) is 11.6 Å². The smallest absolute Gasteiger partial charge is 0.142 e. The van der Waals surface area contributed by atoms with Crippen molar-refractivity contribution in [2.24, 2.45) is 0 Å². The first-order chi connectivity index (χ1) is 4.70. The van der Waals surface area contributed by atoms with Crippen LogP contribution in [0.2, 0.25) is 0 Å². The van der Waals surface area contributed by atoms with Gasteiger partial charge in [0.25, 0.3) is 0 Å². The molecule has 10 heavy (non-hydrogen) atoms. The van der Waals surface area contributed by atoms with E-state index >= 15 is 0 Å². The normalized spacial score (nSPS) is 14.9. The molecule has 2 heteroatoms. The monoisotopic (exact) mass is 142 g/mol. The Kier molecular flexibility index (Phi) is 4.85. The molecule has 0 fully saturated rings. The lowest BCUT2D eigenvalue weighted by molar-refractivity contribution is -0.104. The van der Waals surface area contributed by atoms with Crippen molar-refractivity contribution in [1.29, 1.82) is 0 Å². The third-order valence-corrected chi connectivity index (χ3v) is 1.38. The number of hydrogen-bond acceptors (Lipinski definition) is 2. The fourth-order valence-corrected chi connectivity index (χ4v) is 0.700. The van der Waals surface area contributed by atoms with E-state index in [0.29, 0.717) is 6.42 Å². The van der Waals surface area contributed by atoms with Gasteiger partial charge >= 0.3 is 0 Å². The molecule has 58 valence electrons. The summed E-state index contributed by atoms with van der Waals surface area (Å²) in [6.45, 7) is 3.76. The number of carbonyl (C=O) groups excluding carboxylic acids is 1. The fraction of sp³-hybridized carbons (Fsp3) is 0.625. The summed E-state index contributed by atoms with van der Waals surface area (Å²) in [5, 5.41) is 9.10. The Morgan fingerprint density at radius 1 is 1.70 bits per heavy atom. The maximum absolute atomic E-state index is 9.93. The first-order valence-electron chi connectivity index (χ1n) is 3.49. The molecule has 0 radical (unpaired) electrons. The largest absolute Gasteiger partial charge is 0.393 e. The highest BCUT2D eigenvalue weighted by Gasteiger charge is 1.99. The Labute approximate surface area is 61.6 Å². The summed E-state index contributed by atoms with van der Waals surface area (Å²) < 4.78 is 0. The topological polar surface area (TPSA) is 37.3 Å². The van der Waals surface area contributed by atoms with Crippen molar-refractivity contribution in [1.82, 2.24) is 0 Å². The number of hydrogen-bond donors (Lipinski definition) is 1. The van der Waals surface area contributed by atoms with Crippen LogP contribution in [0.25, 0.3) is 0 Å². The number of rotatable bonds is 4. The standard InChI is InChI=1S/C8H14O2/c1-3-8(10)6-7(2)4-5-9/h4-5,8,10H,3,6H2,1-2H3. The van der Waals surface area contributed by atoms with E-state index < -0.39 is 0 Å². The van der Waals surface area contributed by atoms with Crippen LogP contribution >= 0.6 is 0 Å². The third-order valence-electron chi connectivity index (χ3n) is 1.38. The zero-order chi connectivity index (χ0) is 7.98. The summed E-state index contributed by atoms with van der Waals surface area (Å²) >= 11 is 0. The second kappa shape index (κ2) is 5.18. The van der Waals surface area contributed by atoms with Crippen molar-refractivity contribution in [2.45, 2.75) is 32.8 Å². The summed E-state index contributed by atoms with van der Waals surface area (Å²) in [4.78, 5) is 9.93. The van der Waals surface area contributed by atoms with E-state index in [-0.39, 0.29) is 6.10 Å². The van der Waals surface area contributed by atoms with Gasteiger partial charge in [-0.25, -0.2) is 0 Å². The molecule has 1 atom stereocenters. The number of carbonyl (C=O) groups is 1. The lowest BCUT2D eigenvalue weighted by atomic mass is 10.1. The molecule has 0 spiro atoms. The summed E-state index contributed by atoms with van der Waals surface area (Å²) in [5.74, 6) is 0. The van der Waals surface area contributed by atoms with Crippen molar-refractivity contribution in [3.8, 4) is 0 Å². The molecule has 0 rings (SSSR count). The predicted molar refractivity (Wildman–Crippen MR) is 40.7 cm³/mol. The van der Waals surface area contributed by atoms with Crippen molar-refractivity contribution >= 4 is 6.29 Å². The molecular formula is C8H14O2. The van der Waals surface area contributed by atoms with E-state index in [1.807, 2.05) is 13.8 Å². The van der Waals surface area contributed by atoms with Gasteiger partial charge in [-0.1, -0.05) is 12.5 Å². The van der Waals surface area contributed by atoms with Crippen LogP contribution in [0.15, 0.2) is 11.6 Å². The lowest BCUT2D eigenvalue weighted by Crippen LogP contribution is -2.04. The van der Waals surface area contributed by atoms with Crippen LogP contribution in [0, 0.1) is 0 Å². The first kappa shape index (κ1) is 9.37. The van der Waals surface area contributed by atoms with Crippen molar-refractivity contribution < 1.29 is 9.90 Å². The van der Waals surface area contributed by atoms with Gasteiger partial charge in [0.2, 0.25) is 0 Å². The van der Waals surface area contributed by atoms with Crippen molar-refractivity contribution in [3.63, 3.8) is 0 Å². The van der Waals surface area contributed by atoms with Crippen LogP contribution in [-0.2, 0) is 4.79 Å². The average molecular weight is 142 g/mol. The molecular weight excluding hydrogens is 128 g/mol. The fourth-order valence-electron chi connectivity index (χ4n) is 0.700. The molecule has 0 aliphatic heterocycles. The second-order valence-corrected chi connectivity index (χ2v) is 2.42. The number of aldehydes is 1. The van der Waals surface area contributed by atoms with E-state index in [1.54, 1.807) is 0 Å². The predicted octanol–water partition coefficient (Wildman–Crippen LogP) is 1.29. The maximum Gasteiger partial charge on any atom is 0.142 e. The Balaban J connectivity index is 3.66. The van der Waals surface area contributed by atoms with Crippen LogP contribution in [0.5, 0.6) is 0 Å². The van der Waals surface area contributed by atoms with Gasteiger partial charge in [-0.15, -0.1) is 0 Å². The molecule has 0 aromatic carbocycles. The van der Waals surface area contributed by atoms with Crippen LogP contribution in [0.4, 0.5) is 0 Å². The molecule has 0 saturated carbocycles. The van der Waals surface area contributed by atoms with Gasteiger partial charge in [0.05, 0.1) is 6.10 Å². The first-order valence-corrected chi connectivity index (χ1v) is 3.49. The summed E-state index contributed by atoms with van der Waals surface area (Å²) in [6, 6.07) is 0. The second-order valence-electron chi connectivity index (χ2n) is 2.42. The molecule has 1 unspecified atom stereocenters. The molecule has 0 heterocycles. The minimum absolute atomic E-state index is 0.295. The van der Waals surface area contributed by atoms with Gasteiger partial charge in [0.1, 0.15) is 6.29 Å². The van der Waals surface area contributed by atoms with Crippen LogP contribution in [0.3, 0.4) is 0 Å². The van der Waals surface area contributed by atoms with Crippen molar-refractivity contribution in [2.75, 3.05) is 0 Å². The molecule has 0 aliphatic rings. The average Bonchev–Trinajstić information content (AvgIpc) is 1.88.